The van der Waals surface area contributed by atoms with Crippen LogP contribution in [-0.4, -0.2) is 25.8 Å². The normalized spacial score (nSPS) is 11.5. The van der Waals surface area contributed by atoms with Crippen LogP contribution < -0.4 is 16.6 Å². The highest BCUT2D eigenvalue weighted by atomic mass is 19.4. The monoisotopic (exact) mass is 420 g/mol. The van der Waals surface area contributed by atoms with Crippen LogP contribution in [0.2, 0.25) is 0 Å². The van der Waals surface area contributed by atoms with Gasteiger partial charge in [-0.2, -0.15) is 13.2 Å². The second-order valence-corrected chi connectivity index (χ2v) is 6.48. The van der Waals surface area contributed by atoms with E-state index in [4.69, 9.17) is 0 Å². The molecule has 1 N–H and O–H groups in total. The molecule has 0 bridgehead atoms. The van der Waals surface area contributed by atoms with Crippen molar-refractivity contribution < 1.29 is 22.8 Å². The molecule has 0 aliphatic carbocycles. The van der Waals surface area contributed by atoms with Crippen molar-refractivity contribution in [3.8, 4) is 0 Å². The van der Waals surface area contributed by atoms with Gasteiger partial charge in [0, 0.05) is 18.3 Å². The molecule has 0 atom stereocenters. The number of hydrogen-bond donors (Lipinski definition) is 1. The zero-order chi connectivity index (χ0) is 22.2. The number of halogens is 3. The Balaban J connectivity index is 1.97. The first-order valence-electron chi connectivity index (χ1n) is 8.57. The molecule has 156 valence electrons. The summed E-state index contributed by atoms with van der Waals surface area (Å²) in [6, 6.07) is 7.61. The van der Waals surface area contributed by atoms with Crippen LogP contribution in [0.15, 0.2) is 46.0 Å². The van der Waals surface area contributed by atoms with Gasteiger partial charge >= 0.3 is 11.9 Å². The van der Waals surface area contributed by atoms with Crippen LogP contribution >= 0.6 is 0 Å². The van der Waals surface area contributed by atoms with E-state index in [0.29, 0.717) is 16.2 Å². The van der Waals surface area contributed by atoms with E-state index in [0.717, 1.165) is 17.7 Å². The fraction of sp³-hybridized carbons (Fsp3) is 0.211. The van der Waals surface area contributed by atoms with Gasteiger partial charge in [0.05, 0.1) is 5.39 Å². The average Bonchev–Trinajstić information content (AvgIpc) is 2.68. The first kappa shape index (κ1) is 21.0. The van der Waals surface area contributed by atoms with Crippen molar-refractivity contribution in [2.75, 3.05) is 5.32 Å². The van der Waals surface area contributed by atoms with Crippen molar-refractivity contribution in [1.82, 2.24) is 14.1 Å². The lowest BCUT2D eigenvalue weighted by Gasteiger charge is -2.12. The summed E-state index contributed by atoms with van der Waals surface area (Å²) in [5.41, 5.74) is -2.97. The highest BCUT2D eigenvalue weighted by Crippen LogP contribution is 2.28. The van der Waals surface area contributed by atoms with Crippen LogP contribution in [0.5, 0.6) is 0 Å². The first-order chi connectivity index (χ1) is 14.0. The number of pyridine rings is 1. The number of alkyl halides is 3. The molecule has 0 spiro atoms. The molecule has 8 nitrogen and oxygen atoms in total. The summed E-state index contributed by atoms with van der Waals surface area (Å²) >= 11 is 0. The maximum Gasteiger partial charge on any atom is 0.433 e. The van der Waals surface area contributed by atoms with Gasteiger partial charge in [-0.25, -0.2) is 9.78 Å². The molecule has 0 radical (unpaired) electrons. The fourth-order valence-electron chi connectivity index (χ4n) is 2.83. The lowest BCUT2D eigenvalue weighted by atomic mass is 10.1. The summed E-state index contributed by atoms with van der Waals surface area (Å²) in [4.78, 5) is 52.2. The van der Waals surface area contributed by atoms with Crippen molar-refractivity contribution in [2.24, 2.45) is 7.05 Å². The molecule has 0 fully saturated rings. The van der Waals surface area contributed by atoms with Crippen molar-refractivity contribution in [1.29, 1.82) is 0 Å². The fourth-order valence-corrected chi connectivity index (χ4v) is 2.83. The van der Waals surface area contributed by atoms with Crippen molar-refractivity contribution in [3.63, 3.8) is 0 Å². The van der Waals surface area contributed by atoms with Gasteiger partial charge in [-0.3, -0.25) is 23.5 Å². The Labute approximate surface area is 166 Å². The average molecular weight is 420 g/mol. The number of anilines is 1. The molecule has 1 aromatic carbocycles. The number of aromatic nitrogens is 3. The number of nitrogens with one attached hydrogen (secondary N) is 1. The lowest BCUT2D eigenvalue weighted by molar-refractivity contribution is -0.141. The summed E-state index contributed by atoms with van der Waals surface area (Å²) in [6.07, 6.45) is -4.74. The summed E-state index contributed by atoms with van der Waals surface area (Å²) in [5.74, 6) is -0.939. The predicted molar refractivity (Wildman–Crippen MR) is 101 cm³/mol. The third-order valence-corrected chi connectivity index (χ3v) is 4.33. The molecule has 2 aromatic heterocycles. The predicted octanol–water partition coefficient (Wildman–Crippen LogP) is 1.96. The number of Topliss-reactive ketones (excluding diaryl/α,β-unsaturated/α-hetero) is 1. The number of carbonyl (C=O) groups is 2. The second-order valence-electron chi connectivity index (χ2n) is 6.48. The van der Waals surface area contributed by atoms with Crippen LogP contribution in [0.3, 0.4) is 0 Å². The van der Waals surface area contributed by atoms with Crippen LogP contribution in [-0.2, 0) is 24.6 Å². The Morgan fingerprint density at radius 1 is 1.13 bits per heavy atom. The van der Waals surface area contributed by atoms with E-state index in [1.807, 2.05) is 0 Å². The second kappa shape index (κ2) is 7.58. The minimum Gasteiger partial charge on any atom is -0.325 e. The van der Waals surface area contributed by atoms with Gasteiger partial charge in [0.2, 0.25) is 5.91 Å². The van der Waals surface area contributed by atoms with E-state index in [2.05, 4.69) is 10.3 Å². The zero-order valence-electron chi connectivity index (χ0n) is 15.8. The summed E-state index contributed by atoms with van der Waals surface area (Å²) in [5, 5.41) is 2.23. The van der Waals surface area contributed by atoms with E-state index >= 15 is 0 Å². The van der Waals surface area contributed by atoms with Gasteiger partial charge in [-0.05, 0) is 31.2 Å². The van der Waals surface area contributed by atoms with Gasteiger partial charge in [-0.1, -0.05) is 12.1 Å². The molecule has 2 heterocycles. The maximum atomic E-state index is 12.9. The Bertz CT molecular complexity index is 1290. The van der Waals surface area contributed by atoms with Crippen LogP contribution in [0.1, 0.15) is 23.0 Å². The minimum atomic E-state index is -4.74. The number of rotatable bonds is 4. The molecular formula is C19H15F3N4O4. The standard InChI is InChI=1S/C19H15F3N4O4/c1-10(27)11-4-3-5-12(8-11)23-15(28)9-26-17(29)13-6-7-14(19(20,21)22)24-16(13)25(2)18(26)30/h3-8H,9H2,1-2H3,(H,23,28). The van der Waals surface area contributed by atoms with Crippen molar-refractivity contribution >= 4 is 28.4 Å². The Kier molecular flexibility index (Phi) is 5.29. The maximum absolute atomic E-state index is 12.9. The van der Waals surface area contributed by atoms with Crippen LogP contribution in [0, 0.1) is 0 Å². The number of hydrogen-bond acceptors (Lipinski definition) is 5. The SMILES string of the molecule is CC(=O)c1cccc(NC(=O)Cn2c(=O)c3ccc(C(F)(F)F)nc3n(C)c2=O)c1. The number of nitrogens with zero attached hydrogens (tertiary/aromatic N) is 3. The van der Waals surface area contributed by atoms with E-state index in [1.54, 1.807) is 12.1 Å². The molecule has 3 aromatic rings. The number of carbonyl (C=O) groups excluding carboxylic acids is 2. The third kappa shape index (κ3) is 4.00. The molecule has 0 saturated carbocycles. The number of aryl methyl sites for hydroxylation is 1. The molecule has 0 unspecified atom stereocenters. The highest BCUT2D eigenvalue weighted by molar-refractivity contribution is 5.97. The molecular weight excluding hydrogens is 405 g/mol. The minimum absolute atomic E-state index is 0.212. The molecule has 30 heavy (non-hydrogen) atoms. The number of amides is 1. The molecule has 1 amide bonds. The highest BCUT2D eigenvalue weighted by Gasteiger charge is 2.33. The number of ketones is 1. The third-order valence-electron chi connectivity index (χ3n) is 4.33. The molecule has 0 aliphatic heterocycles. The van der Waals surface area contributed by atoms with Gasteiger partial charge < -0.3 is 5.32 Å². The Hall–Kier alpha value is -3.76. The summed E-state index contributed by atoms with van der Waals surface area (Å²) in [7, 11) is 1.15. The Morgan fingerprint density at radius 2 is 1.83 bits per heavy atom. The van der Waals surface area contributed by atoms with Gasteiger partial charge in [-0.15, -0.1) is 0 Å². The van der Waals surface area contributed by atoms with E-state index in [-0.39, 0.29) is 16.9 Å². The van der Waals surface area contributed by atoms with E-state index in [9.17, 15) is 32.3 Å². The summed E-state index contributed by atoms with van der Waals surface area (Å²) in [6.45, 7) is 0.685. The zero-order valence-corrected chi connectivity index (χ0v) is 15.8. The largest absolute Gasteiger partial charge is 0.433 e. The molecule has 0 aliphatic rings. The number of fused-ring (bicyclic) bond motifs is 1. The van der Waals surface area contributed by atoms with Crippen LogP contribution in [0.25, 0.3) is 11.0 Å². The van der Waals surface area contributed by atoms with Gasteiger partial charge in [0.1, 0.15) is 17.9 Å². The van der Waals surface area contributed by atoms with Crippen molar-refractivity contribution in [2.45, 2.75) is 19.6 Å². The molecule has 3 rings (SSSR count). The van der Waals surface area contributed by atoms with E-state index in [1.165, 1.54) is 19.1 Å². The van der Waals surface area contributed by atoms with Gasteiger partial charge in [0.15, 0.2) is 5.78 Å². The molecule has 11 heteroatoms. The quantitative estimate of drug-likeness (QED) is 0.650. The number of benzene rings is 1. The first-order valence-corrected chi connectivity index (χ1v) is 8.57. The topological polar surface area (TPSA) is 103 Å². The Morgan fingerprint density at radius 3 is 2.47 bits per heavy atom. The van der Waals surface area contributed by atoms with Crippen LogP contribution in [0.4, 0.5) is 18.9 Å². The molecule has 0 saturated heterocycles. The van der Waals surface area contributed by atoms with E-state index < -0.39 is 41.2 Å². The summed E-state index contributed by atoms with van der Waals surface area (Å²) < 4.78 is 40.0. The smallest absolute Gasteiger partial charge is 0.325 e. The van der Waals surface area contributed by atoms with Crippen molar-refractivity contribution in [3.05, 3.63) is 68.5 Å². The van der Waals surface area contributed by atoms with Gasteiger partial charge in [0.25, 0.3) is 5.56 Å². The lowest BCUT2D eigenvalue weighted by Crippen LogP contribution is -2.42.